The maximum Gasteiger partial charge on any atom is 0.390 e. The van der Waals surface area contributed by atoms with Gasteiger partial charge >= 0.3 is 6.18 Å². The highest BCUT2D eigenvalue weighted by atomic mass is 19.4. The monoisotopic (exact) mass is 456 g/mol. The van der Waals surface area contributed by atoms with Gasteiger partial charge in [0, 0.05) is 29.4 Å². The third kappa shape index (κ3) is 5.21. The number of benzene rings is 1. The van der Waals surface area contributed by atoms with Gasteiger partial charge in [0.25, 0.3) is 5.91 Å². The molecule has 0 unspecified atom stereocenters. The lowest BCUT2D eigenvalue weighted by Crippen LogP contribution is -2.34. The molecule has 1 fully saturated rings. The minimum Gasteiger partial charge on any atom is -0.382 e. The normalized spacial score (nSPS) is 15.2. The van der Waals surface area contributed by atoms with Crippen LogP contribution in [0, 0.1) is 6.92 Å². The third-order valence-corrected chi connectivity index (χ3v) is 5.89. The molecule has 0 aliphatic heterocycles. The molecule has 3 aromatic rings. The minimum atomic E-state index is -4.23. The SMILES string of the molecule is CC=Cc1cc(NCCC(F)(F)F)c2ncc(-c3ccc(C(=O)NC4(C)CC4)c(C)c3)n2c1. The van der Waals surface area contributed by atoms with Crippen LogP contribution >= 0.6 is 0 Å². The van der Waals surface area contributed by atoms with Gasteiger partial charge in [-0.25, -0.2) is 4.98 Å². The number of allylic oxidation sites excluding steroid dienone is 1. The summed E-state index contributed by atoms with van der Waals surface area (Å²) in [6.07, 6.45) is 4.18. The summed E-state index contributed by atoms with van der Waals surface area (Å²) in [6, 6.07) is 7.41. The van der Waals surface area contributed by atoms with Gasteiger partial charge in [-0.05, 0) is 62.9 Å². The number of hydrogen-bond donors (Lipinski definition) is 2. The Morgan fingerprint density at radius 2 is 2.03 bits per heavy atom. The molecule has 1 saturated carbocycles. The summed E-state index contributed by atoms with van der Waals surface area (Å²) >= 11 is 0. The van der Waals surface area contributed by atoms with E-state index in [9.17, 15) is 18.0 Å². The molecular formula is C25H27F3N4O. The van der Waals surface area contributed by atoms with Crippen LogP contribution in [0.2, 0.25) is 0 Å². The number of aromatic nitrogens is 2. The molecule has 4 rings (SSSR count). The fourth-order valence-electron chi connectivity index (χ4n) is 3.81. The number of fused-ring (bicyclic) bond motifs is 1. The van der Waals surface area contributed by atoms with Crippen LogP contribution in [0.3, 0.4) is 0 Å². The van der Waals surface area contributed by atoms with Crippen molar-refractivity contribution in [1.29, 1.82) is 0 Å². The summed E-state index contributed by atoms with van der Waals surface area (Å²) in [4.78, 5) is 17.1. The molecule has 33 heavy (non-hydrogen) atoms. The van der Waals surface area contributed by atoms with Crippen LogP contribution in [-0.2, 0) is 0 Å². The number of pyridine rings is 1. The second-order valence-corrected chi connectivity index (χ2v) is 8.86. The molecule has 2 aromatic heterocycles. The van der Waals surface area contributed by atoms with E-state index in [1.807, 2.05) is 61.7 Å². The first-order valence-electron chi connectivity index (χ1n) is 11.0. The van der Waals surface area contributed by atoms with Crippen molar-refractivity contribution in [2.24, 2.45) is 0 Å². The van der Waals surface area contributed by atoms with Crippen LogP contribution in [-0.4, -0.2) is 33.6 Å². The molecule has 0 atom stereocenters. The molecule has 1 aliphatic carbocycles. The number of alkyl halides is 3. The lowest BCUT2D eigenvalue weighted by molar-refractivity contribution is -0.131. The maximum absolute atomic E-state index is 12.6. The van der Waals surface area contributed by atoms with Crippen LogP contribution in [0.1, 0.15) is 54.6 Å². The highest BCUT2D eigenvalue weighted by Crippen LogP contribution is 2.35. The van der Waals surface area contributed by atoms with E-state index < -0.39 is 12.6 Å². The quantitative estimate of drug-likeness (QED) is 0.459. The first-order valence-corrected chi connectivity index (χ1v) is 11.0. The highest BCUT2D eigenvalue weighted by Gasteiger charge is 2.39. The fraction of sp³-hybridized carbons (Fsp3) is 0.360. The highest BCUT2D eigenvalue weighted by molar-refractivity contribution is 5.97. The van der Waals surface area contributed by atoms with Crippen LogP contribution in [0.4, 0.5) is 18.9 Å². The predicted octanol–water partition coefficient (Wildman–Crippen LogP) is 5.99. The Morgan fingerprint density at radius 1 is 1.27 bits per heavy atom. The smallest absolute Gasteiger partial charge is 0.382 e. The largest absolute Gasteiger partial charge is 0.390 e. The first-order chi connectivity index (χ1) is 15.6. The van der Waals surface area contributed by atoms with Crippen molar-refractivity contribution in [1.82, 2.24) is 14.7 Å². The maximum atomic E-state index is 12.6. The molecule has 0 spiro atoms. The Bertz CT molecular complexity index is 1220. The van der Waals surface area contributed by atoms with Crippen molar-refractivity contribution < 1.29 is 18.0 Å². The number of carbonyl (C=O) groups is 1. The van der Waals surface area contributed by atoms with Gasteiger partial charge in [-0.2, -0.15) is 13.2 Å². The van der Waals surface area contributed by atoms with Gasteiger partial charge < -0.3 is 10.6 Å². The Kier molecular flexibility index (Phi) is 5.95. The lowest BCUT2D eigenvalue weighted by atomic mass is 10.0. The average Bonchev–Trinajstić information content (AvgIpc) is 3.29. The Labute approximate surface area is 190 Å². The Hall–Kier alpha value is -3.29. The van der Waals surface area contributed by atoms with E-state index in [4.69, 9.17) is 0 Å². The van der Waals surface area contributed by atoms with Gasteiger partial charge in [-0.3, -0.25) is 9.20 Å². The van der Waals surface area contributed by atoms with Gasteiger partial charge in [0.15, 0.2) is 5.65 Å². The summed E-state index contributed by atoms with van der Waals surface area (Å²) < 4.78 is 39.7. The number of amides is 1. The van der Waals surface area contributed by atoms with E-state index in [1.54, 1.807) is 12.3 Å². The molecule has 1 aliphatic rings. The van der Waals surface area contributed by atoms with E-state index in [2.05, 4.69) is 15.6 Å². The number of halogens is 3. The van der Waals surface area contributed by atoms with Crippen LogP contribution < -0.4 is 10.6 Å². The topological polar surface area (TPSA) is 58.4 Å². The molecule has 0 saturated heterocycles. The second kappa shape index (κ2) is 8.57. The summed E-state index contributed by atoms with van der Waals surface area (Å²) in [7, 11) is 0. The third-order valence-electron chi connectivity index (χ3n) is 5.89. The molecule has 0 radical (unpaired) electrons. The van der Waals surface area contributed by atoms with Crippen molar-refractivity contribution in [3.05, 3.63) is 59.4 Å². The van der Waals surface area contributed by atoms with Gasteiger partial charge in [-0.1, -0.05) is 18.2 Å². The van der Waals surface area contributed by atoms with E-state index in [0.29, 0.717) is 16.9 Å². The van der Waals surface area contributed by atoms with Crippen molar-refractivity contribution in [3.63, 3.8) is 0 Å². The molecular weight excluding hydrogens is 429 g/mol. The van der Waals surface area contributed by atoms with Gasteiger partial charge in [-0.15, -0.1) is 0 Å². The molecule has 8 heteroatoms. The van der Waals surface area contributed by atoms with Gasteiger partial charge in [0.05, 0.1) is 24.0 Å². The van der Waals surface area contributed by atoms with Crippen molar-refractivity contribution >= 4 is 23.3 Å². The number of hydrogen-bond acceptors (Lipinski definition) is 3. The summed E-state index contributed by atoms with van der Waals surface area (Å²) in [6.45, 7) is 5.58. The number of nitrogens with zero attached hydrogens (tertiary/aromatic N) is 2. The van der Waals surface area contributed by atoms with Crippen LogP contribution in [0.25, 0.3) is 23.0 Å². The molecule has 1 aromatic carbocycles. The fourth-order valence-corrected chi connectivity index (χ4v) is 3.81. The van der Waals surface area contributed by atoms with Gasteiger partial charge in [0.1, 0.15) is 0 Å². The van der Waals surface area contributed by atoms with E-state index in [-0.39, 0.29) is 18.0 Å². The predicted molar refractivity (Wildman–Crippen MR) is 124 cm³/mol. The van der Waals surface area contributed by atoms with E-state index in [0.717, 1.165) is 35.2 Å². The van der Waals surface area contributed by atoms with Crippen LogP contribution in [0.15, 0.2) is 42.7 Å². The van der Waals surface area contributed by atoms with E-state index >= 15 is 0 Å². The standard InChI is InChI=1S/C25H27F3N4O/c1-4-5-17-13-20(29-11-10-25(26,27)28)22-30-14-21(32(22)15-17)18-6-7-19(16(2)12-18)23(33)31-24(3)8-9-24/h4-7,12-15,29H,8-11H2,1-3H3,(H,31,33). The van der Waals surface area contributed by atoms with Crippen molar-refractivity contribution in [2.75, 3.05) is 11.9 Å². The number of nitrogens with one attached hydrogen (secondary N) is 2. The number of imidazole rings is 1. The zero-order chi connectivity index (χ0) is 23.8. The average molecular weight is 457 g/mol. The molecule has 2 heterocycles. The summed E-state index contributed by atoms with van der Waals surface area (Å²) in [5, 5.41) is 5.96. The molecule has 1 amide bonds. The number of carbonyl (C=O) groups excluding carboxylic acids is 1. The second-order valence-electron chi connectivity index (χ2n) is 8.86. The number of rotatable bonds is 7. The first kappa shape index (κ1) is 22.9. The zero-order valence-corrected chi connectivity index (χ0v) is 18.9. The summed E-state index contributed by atoms with van der Waals surface area (Å²) in [5.74, 6) is -0.0799. The van der Waals surface area contributed by atoms with E-state index in [1.165, 1.54) is 0 Å². The minimum absolute atomic E-state index is 0.0799. The molecule has 0 bridgehead atoms. The van der Waals surface area contributed by atoms with Crippen molar-refractivity contribution in [3.8, 4) is 11.3 Å². The van der Waals surface area contributed by atoms with Gasteiger partial charge in [0.2, 0.25) is 0 Å². The van der Waals surface area contributed by atoms with Crippen LogP contribution in [0.5, 0.6) is 0 Å². The lowest BCUT2D eigenvalue weighted by Gasteiger charge is -2.14. The molecule has 174 valence electrons. The zero-order valence-electron chi connectivity index (χ0n) is 18.9. The van der Waals surface area contributed by atoms with Crippen molar-refractivity contribution in [2.45, 2.75) is 51.7 Å². The molecule has 2 N–H and O–H groups in total. The Balaban J connectivity index is 1.67. The molecule has 5 nitrogen and oxygen atoms in total. The number of anilines is 1. The number of aryl methyl sites for hydroxylation is 1. The Morgan fingerprint density at radius 3 is 2.67 bits per heavy atom. The summed E-state index contributed by atoms with van der Waals surface area (Å²) in [5.41, 5.74) is 4.95.